The van der Waals surface area contributed by atoms with Crippen LogP contribution in [0.2, 0.25) is 0 Å². The third-order valence-corrected chi connectivity index (χ3v) is 4.08. The van der Waals surface area contributed by atoms with Crippen molar-refractivity contribution in [2.45, 2.75) is 29.7 Å². The van der Waals surface area contributed by atoms with Crippen molar-refractivity contribution in [1.29, 1.82) is 0 Å². The van der Waals surface area contributed by atoms with Crippen molar-refractivity contribution < 1.29 is 4.79 Å². The van der Waals surface area contributed by atoms with E-state index in [1.165, 1.54) is 4.90 Å². The van der Waals surface area contributed by atoms with E-state index in [4.69, 9.17) is 15.7 Å². The predicted octanol–water partition coefficient (Wildman–Crippen LogP) is -0.0954. The summed E-state index contributed by atoms with van der Waals surface area (Å²) in [6.45, 7) is 3.80. The predicted molar refractivity (Wildman–Crippen MR) is 86.5 cm³/mol. The average molecular weight is 302 g/mol. The Morgan fingerprint density at radius 1 is 1.25 bits per heavy atom. The molecule has 0 unspecified atom stereocenters. The summed E-state index contributed by atoms with van der Waals surface area (Å²) in [4.78, 5) is 14.7. The van der Waals surface area contributed by atoms with E-state index in [1.807, 2.05) is 13.8 Å². The van der Waals surface area contributed by atoms with Gasteiger partial charge >= 0.3 is 6.03 Å². The molecular weight excluding hydrogens is 290 g/mol. The molecule has 1 heterocycles. The van der Waals surface area contributed by atoms with E-state index in [9.17, 15) is 4.79 Å². The van der Waals surface area contributed by atoms with Crippen LogP contribution in [0, 0.1) is 0 Å². The lowest BCUT2D eigenvalue weighted by Crippen LogP contribution is -2.37. The molecule has 0 aliphatic carbocycles. The van der Waals surface area contributed by atoms with Gasteiger partial charge in [-0.2, -0.15) is 4.68 Å². The molecule has 0 spiro atoms. The second-order valence-electron chi connectivity index (χ2n) is 4.71. The molecule has 0 N–H and O–H groups in total. The van der Waals surface area contributed by atoms with Gasteiger partial charge in [-0.3, -0.25) is 0 Å². The topological polar surface area (TPSA) is 51.0 Å². The lowest BCUT2D eigenvalue weighted by Gasteiger charge is -2.21. The van der Waals surface area contributed by atoms with E-state index in [-0.39, 0.29) is 23.0 Å². The molecule has 0 saturated carbocycles. The highest BCUT2D eigenvalue weighted by molar-refractivity contribution is 7.81. The van der Waals surface area contributed by atoms with Gasteiger partial charge in [0.2, 0.25) is 0 Å². The van der Waals surface area contributed by atoms with Crippen LogP contribution in [0.15, 0.2) is 9.79 Å². The lowest BCUT2D eigenvalue weighted by molar-refractivity contribution is 0.196. The van der Waals surface area contributed by atoms with Crippen molar-refractivity contribution in [2.75, 3.05) is 7.05 Å². The number of rotatable bonds is 1. The Kier molecular flexibility index (Phi) is 4.11. The summed E-state index contributed by atoms with van der Waals surface area (Å²) in [5.74, 6) is 0. The zero-order valence-electron chi connectivity index (χ0n) is 11.3. The number of benzene rings is 1. The fourth-order valence-corrected chi connectivity index (χ4v) is 2.26. The van der Waals surface area contributed by atoms with E-state index in [0.717, 1.165) is 4.68 Å². The largest absolute Gasteiger partial charge is 0.346 e. The van der Waals surface area contributed by atoms with Crippen molar-refractivity contribution in [3.8, 4) is 0 Å². The highest BCUT2D eigenvalue weighted by Gasteiger charge is 2.22. The van der Waals surface area contributed by atoms with E-state index in [0.29, 0.717) is 20.8 Å². The summed E-state index contributed by atoms with van der Waals surface area (Å²) in [7, 11) is 13.4. The van der Waals surface area contributed by atoms with Gasteiger partial charge in [0.05, 0.1) is 0 Å². The Labute approximate surface area is 130 Å². The molecule has 5 nitrogen and oxygen atoms in total. The van der Waals surface area contributed by atoms with Gasteiger partial charge in [-0.25, -0.2) is 4.79 Å². The van der Waals surface area contributed by atoms with Crippen molar-refractivity contribution in [1.82, 2.24) is 19.9 Å². The highest BCUT2D eigenvalue weighted by Crippen LogP contribution is 2.23. The molecule has 0 atom stereocenters. The molecule has 0 saturated heterocycles. The van der Waals surface area contributed by atoms with Crippen LogP contribution in [0.3, 0.4) is 0 Å². The van der Waals surface area contributed by atoms with Crippen LogP contribution in [0.25, 0.3) is 11.0 Å². The summed E-state index contributed by atoms with van der Waals surface area (Å²) < 4.78 is 1.16. The zero-order valence-corrected chi connectivity index (χ0v) is 13.1. The molecule has 0 bridgehead atoms. The van der Waals surface area contributed by atoms with Crippen molar-refractivity contribution >= 4 is 68.9 Å². The third-order valence-electron chi connectivity index (χ3n) is 3.18. The van der Waals surface area contributed by atoms with Gasteiger partial charge in [0.1, 0.15) is 26.7 Å². The highest BCUT2D eigenvalue weighted by atomic mass is 32.1. The Morgan fingerprint density at radius 2 is 1.80 bits per heavy atom. The molecule has 4 radical (unpaired) electrons. The van der Waals surface area contributed by atoms with Crippen LogP contribution in [-0.2, 0) is 0 Å². The van der Waals surface area contributed by atoms with Crippen molar-refractivity contribution in [3.63, 3.8) is 0 Å². The fraction of sp³-hybridized carbons (Fsp3) is 0.364. The first-order chi connectivity index (χ1) is 9.27. The summed E-state index contributed by atoms with van der Waals surface area (Å²) >= 11 is 8.60. The van der Waals surface area contributed by atoms with Gasteiger partial charge in [-0.15, -0.1) is 30.4 Å². The third kappa shape index (κ3) is 2.22. The molecule has 1 aromatic heterocycles. The van der Waals surface area contributed by atoms with E-state index in [1.54, 1.807) is 7.05 Å². The molecule has 20 heavy (non-hydrogen) atoms. The van der Waals surface area contributed by atoms with Crippen molar-refractivity contribution in [2.24, 2.45) is 0 Å². The fourth-order valence-electron chi connectivity index (χ4n) is 1.67. The molecule has 0 fully saturated rings. The lowest BCUT2D eigenvalue weighted by atomic mass is 9.80. The molecule has 100 valence electrons. The number of thiol groups is 2. The Hall–Kier alpha value is -1.08. The zero-order chi connectivity index (χ0) is 15.2. The van der Waals surface area contributed by atoms with Crippen LogP contribution in [-0.4, -0.2) is 54.7 Å². The minimum absolute atomic E-state index is 0.0201. The maximum absolute atomic E-state index is 12.4. The quantitative estimate of drug-likeness (QED) is 0.571. The normalized spacial score (nSPS) is 11.3. The van der Waals surface area contributed by atoms with Crippen molar-refractivity contribution in [3.05, 3.63) is 0 Å². The van der Waals surface area contributed by atoms with E-state index in [2.05, 4.69) is 35.6 Å². The number of carbonyl (C=O) groups excluding carboxylic acids is 1. The molecule has 9 heteroatoms. The van der Waals surface area contributed by atoms with Crippen LogP contribution < -0.4 is 10.9 Å². The Balaban J connectivity index is 2.72. The first-order valence-electron chi connectivity index (χ1n) is 5.88. The van der Waals surface area contributed by atoms with Crippen LogP contribution in [0.5, 0.6) is 0 Å². The molecule has 2 aromatic rings. The van der Waals surface area contributed by atoms with Gasteiger partial charge < -0.3 is 4.90 Å². The van der Waals surface area contributed by atoms with Gasteiger partial charge in [0.15, 0.2) is 0 Å². The number of fused-ring (bicyclic) bond motifs is 1. The smallest absolute Gasteiger partial charge is 0.323 e. The molecule has 1 amide bonds. The van der Waals surface area contributed by atoms with E-state index >= 15 is 0 Å². The number of amides is 1. The average Bonchev–Trinajstić information content (AvgIpc) is 2.85. The monoisotopic (exact) mass is 302 g/mol. The van der Waals surface area contributed by atoms with Crippen LogP contribution in [0.1, 0.15) is 13.8 Å². The standard InChI is InChI=1S/C11H12B2N4OS2/c1-4(2)16(3)11(18)17-8-7(14-15-17)9(19)5(12)6(13)10(8)20/h4,19-20H,1-3H3. The summed E-state index contributed by atoms with van der Waals surface area (Å²) in [6.07, 6.45) is 0. The molecule has 2 rings (SSSR count). The summed E-state index contributed by atoms with van der Waals surface area (Å²) in [5, 5.41) is 7.82. The SMILES string of the molecule is [B]c1c([B])c(S)c2c(nnn2C(=O)N(C)C(C)C)c1S. The van der Waals surface area contributed by atoms with Crippen LogP contribution in [0.4, 0.5) is 4.79 Å². The number of aromatic nitrogens is 3. The minimum atomic E-state index is -0.324. The van der Waals surface area contributed by atoms with E-state index < -0.39 is 0 Å². The molecular formula is C11H12B2N4OS2. The number of nitrogens with zero attached hydrogens (tertiary/aromatic N) is 4. The van der Waals surface area contributed by atoms with Crippen LogP contribution >= 0.6 is 25.3 Å². The summed E-state index contributed by atoms with van der Waals surface area (Å²) in [5.41, 5.74) is 1.34. The number of hydrogen-bond donors (Lipinski definition) is 2. The first kappa shape index (κ1) is 15.3. The summed E-state index contributed by atoms with van der Waals surface area (Å²) in [6, 6.07) is -0.304. The Morgan fingerprint density at radius 3 is 2.35 bits per heavy atom. The maximum Gasteiger partial charge on any atom is 0.346 e. The van der Waals surface area contributed by atoms with Gasteiger partial charge in [-0.05, 0) is 13.8 Å². The number of carbonyl (C=O) groups is 1. The first-order valence-corrected chi connectivity index (χ1v) is 6.78. The second-order valence-corrected chi connectivity index (χ2v) is 5.60. The minimum Gasteiger partial charge on any atom is -0.323 e. The molecule has 0 aliphatic rings. The molecule has 0 aliphatic heterocycles. The van der Waals surface area contributed by atoms with Gasteiger partial charge in [-0.1, -0.05) is 16.1 Å². The number of hydrogen-bond acceptors (Lipinski definition) is 5. The van der Waals surface area contributed by atoms with Gasteiger partial charge in [0, 0.05) is 22.9 Å². The molecule has 1 aromatic carbocycles. The second kappa shape index (κ2) is 5.37. The Bertz CT molecular complexity index is 702. The maximum atomic E-state index is 12.4. The van der Waals surface area contributed by atoms with Gasteiger partial charge in [0.25, 0.3) is 0 Å².